The minimum Gasteiger partial charge on any atom is -0.356 e. The topological polar surface area (TPSA) is 95.9 Å². The maximum Gasteiger partial charge on any atom is 0.275 e. The van der Waals surface area contributed by atoms with Gasteiger partial charge in [0.15, 0.2) is 0 Å². The molecule has 0 spiro atoms. The van der Waals surface area contributed by atoms with Crippen LogP contribution < -0.4 is 15.5 Å². The van der Waals surface area contributed by atoms with Crippen molar-refractivity contribution in [2.75, 3.05) is 28.6 Å². The van der Waals surface area contributed by atoms with Crippen molar-refractivity contribution in [3.8, 4) is 0 Å². The normalized spacial score (nSPS) is 13.4. The highest BCUT2D eigenvalue weighted by molar-refractivity contribution is 6.02. The van der Waals surface area contributed by atoms with Crippen LogP contribution in [0, 0.1) is 6.92 Å². The number of hydrogen-bond acceptors (Lipinski definition) is 7. The number of aromatic nitrogens is 4. The van der Waals surface area contributed by atoms with Crippen molar-refractivity contribution in [2.45, 2.75) is 19.8 Å². The lowest BCUT2D eigenvalue weighted by atomic mass is 10.2. The highest BCUT2D eigenvalue weighted by atomic mass is 16.1. The quantitative estimate of drug-likeness (QED) is 0.707. The van der Waals surface area contributed by atoms with Crippen LogP contribution in [0.5, 0.6) is 0 Å². The third-order valence-electron chi connectivity index (χ3n) is 4.47. The van der Waals surface area contributed by atoms with Crippen LogP contribution in [-0.2, 0) is 0 Å². The van der Waals surface area contributed by atoms with E-state index in [1.54, 1.807) is 0 Å². The first-order valence-corrected chi connectivity index (χ1v) is 9.22. The molecule has 0 unspecified atom stereocenters. The van der Waals surface area contributed by atoms with E-state index in [0.717, 1.165) is 30.3 Å². The van der Waals surface area contributed by atoms with Gasteiger partial charge in [0, 0.05) is 48.6 Å². The molecule has 1 aliphatic rings. The van der Waals surface area contributed by atoms with Crippen molar-refractivity contribution < 1.29 is 4.79 Å². The lowest BCUT2D eigenvalue weighted by molar-refractivity contribution is 0.102. The maximum absolute atomic E-state index is 12.1. The zero-order valence-electron chi connectivity index (χ0n) is 15.6. The number of nitrogens with zero attached hydrogens (tertiary/aromatic N) is 5. The first kappa shape index (κ1) is 17.8. The minimum absolute atomic E-state index is 0.271. The first-order valence-electron chi connectivity index (χ1n) is 9.22. The molecule has 0 aliphatic carbocycles. The van der Waals surface area contributed by atoms with Gasteiger partial charge in [-0.1, -0.05) is 0 Å². The average Bonchev–Trinajstić information content (AvgIpc) is 3.25. The summed E-state index contributed by atoms with van der Waals surface area (Å²) in [7, 11) is 0. The SMILES string of the molecule is Cc1cc(N2CCCC2)nc(Nc2ccc(NC(=O)c3cnccn3)cc2)n1. The summed E-state index contributed by atoms with van der Waals surface area (Å²) < 4.78 is 0. The van der Waals surface area contributed by atoms with Crippen LogP contribution in [0.2, 0.25) is 0 Å². The number of nitrogens with one attached hydrogen (secondary N) is 2. The van der Waals surface area contributed by atoms with Crippen LogP contribution in [-0.4, -0.2) is 38.9 Å². The second kappa shape index (κ2) is 7.99. The Balaban J connectivity index is 1.44. The van der Waals surface area contributed by atoms with Gasteiger partial charge in [-0.2, -0.15) is 4.98 Å². The zero-order chi connectivity index (χ0) is 19.3. The molecular formula is C20H21N7O. The van der Waals surface area contributed by atoms with Gasteiger partial charge in [0.1, 0.15) is 11.5 Å². The van der Waals surface area contributed by atoms with E-state index >= 15 is 0 Å². The molecule has 8 heteroatoms. The Morgan fingerprint density at radius 3 is 2.50 bits per heavy atom. The Kier molecular flexibility index (Phi) is 5.09. The van der Waals surface area contributed by atoms with E-state index in [2.05, 4.69) is 35.5 Å². The van der Waals surface area contributed by atoms with Crippen LogP contribution in [0.25, 0.3) is 0 Å². The standard InChI is InChI=1S/C20H21N7O/c1-14-12-18(27-10-2-3-11-27)26-20(23-14)25-16-6-4-15(5-7-16)24-19(28)17-13-21-8-9-22-17/h4-9,12-13H,2-3,10-11H2,1H3,(H,24,28)(H,23,25,26). The Hall–Kier alpha value is -3.55. The predicted octanol–water partition coefficient (Wildman–Crippen LogP) is 3.17. The summed E-state index contributed by atoms with van der Waals surface area (Å²) in [6.45, 7) is 4.05. The third-order valence-corrected chi connectivity index (χ3v) is 4.47. The van der Waals surface area contributed by atoms with E-state index in [9.17, 15) is 4.79 Å². The van der Waals surface area contributed by atoms with Gasteiger partial charge < -0.3 is 15.5 Å². The van der Waals surface area contributed by atoms with Gasteiger partial charge in [-0.05, 0) is 44.0 Å². The van der Waals surface area contributed by atoms with Crippen molar-refractivity contribution in [1.29, 1.82) is 0 Å². The summed E-state index contributed by atoms with van der Waals surface area (Å²) >= 11 is 0. The summed E-state index contributed by atoms with van der Waals surface area (Å²) in [6, 6.07) is 9.38. The fraction of sp³-hybridized carbons (Fsp3) is 0.250. The molecular weight excluding hydrogens is 354 g/mol. The van der Waals surface area contributed by atoms with E-state index in [4.69, 9.17) is 0 Å². The van der Waals surface area contributed by atoms with Gasteiger partial charge in [0.25, 0.3) is 5.91 Å². The molecule has 1 aliphatic heterocycles. The van der Waals surface area contributed by atoms with E-state index in [-0.39, 0.29) is 11.6 Å². The lowest BCUT2D eigenvalue weighted by Gasteiger charge is -2.17. The smallest absolute Gasteiger partial charge is 0.275 e. The number of amides is 1. The van der Waals surface area contributed by atoms with E-state index in [1.165, 1.54) is 31.4 Å². The highest BCUT2D eigenvalue weighted by Gasteiger charge is 2.15. The van der Waals surface area contributed by atoms with Crippen molar-refractivity contribution in [1.82, 2.24) is 19.9 Å². The average molecular weight is 375 g/mol. The number of benzene rings is 1. The molecule has 3 aromatic rings. The molecule has 3 heterocycles. The Labute approximate surface area is 163 Å². The molecule has 4 rings (SSSR count). The molecule has 0 saturated carbocycles. The van der Waals surface area contributed by atoms with Crippen LogP contribution in [0.15, 0.2) is 48.9 Å². The van der Waals surface area contributed by atoms with Crippen LogP contribution in [0.1, 0.15) is 29.0 Å². The molecule has 0 bridgehead atoms. The molecule has 0 atom stereocenters. The maximum atomic E-state index is 12.1. The molecule has 8 nitrogen and oxygen atoms in total. The Bertz CT molecular complexity index is 954. The molecule has 2 aromatic heterocycles. The van der Waals surface area contributed by atoms with Crippen LogP contribution in [0.4, 0.5) is 23.1 Å². The van der Waals surface area contributed by atoms with Gasteiger partial charge in [-0.3, -0.25) is 9.78 Å². The summed E-state index contributed by atoms with van der Waals surface area (Å²) in [6.07, 6.45) is 6.85. The monoisotopic (exact) mass is 375 g/mol. The first-order chi connectivity index (χ1) is 13.7. The fourth-order valence-corrected chi connectivity index (χ4v) is 3.09. The third kappa shape index (κ3) is 4.22. The molecule has 1 fully saturated rings. The van der Waals surface area contributed by atoms with Crippen LogP contribution in [0.3, 0.4) is 0 Å². The van der Waals surface area contributed by atoms with E-state index in [1.807, 2.05) is 37.3 Å². The van der Waals surface area contributed by atoms with Crippen molar-refractivity contribution in [2.24, 2.45) is 0 Å². The van der Waals surface area contributed by atoms with Gasteiger partial charge in [-0.25, -0.2) is 9.97 Å². The number of hydrogen-bond donors (Lipinski definition) is 2. The Morgan fingerprint density at radius 2 is 1.79 bits per heavy atom. The molecule has 2 N–H and O–H groups in total. The van der Waals surface area contributed by atoms with E-state index in [0.29, 0.717) is 11.6 Å². The number of carbonyl (C=O) groups excluding carboxylic acids is 1. The summed E-state index contributed by atoms with van der Waals surface area (Å²) in [4.78, 5) is 31.4. The summed E-state index contributed by atoms with van der Waals surface area (Å²) in [5.41, 5.74) is 2.71. The van der Waals surface area contributed by atoms with Crippen molar-refractivity contribution in [3.05, 3.63) is 60.3 Å². The minimum atomic E-state index is -0.300. The number of rotatable bonds is 5. The molecule has 1 amide bonds. The van der Waals surface area contributed by atoms with Gasteiger partial charge >= 0.3 is 0 Å². The van der Waals surface area contributed by atoms with Crippen molar-refractivity contribution in [3.63, 3.8) is 0 Å². The lowest BCUT2D eigenvalue weighted by Crippen LogP contribution is -2.19. The largest absolute Gasteiger partial charge is 0.356 e. The Morgan fingerprint density at radius 1 is 1.04 bits per heavy atom. The van der Waals surface area contributed by atoms with E-state index < -0.39 is 0 Å². The van der Waals surface area contributed by atoms with Crippen LogP contribution >= 0.6 is 0 Å². The molecule has 0 radical (unpaired) electrons. The summed E-state index contributed by atoms with van der Waals surface area (Å²) in [5.74, 6) is 1.23. The number of anilines is 4. The summed E-state index contributed by atoms with van der Waals surface area (Å²) in [5, 5.41) is 6.03. The van der Waals surface area contributed by atoms with Gasteiger partial charge in [-0.15, -0.1) is 0 Å². The molecule has 142 valence electrons. The molecule has 28 heavy (non-hydrogen) atoms. The second-order valence-corrected chi connectivity index (χ2v) is 6.63. The molecule has 1 saturated heterocycles. The van der Waals surface area contributed by atoms with Crippen molar-refractivity contribution >= 4 is 29.0 Å². The number of aryl methyl sites for hydroxylation is 1. The second-order valence-electron chi connectivity index (χ2n) is 6.63. The van der Waals surface area contributed by atoms with Gasteiger partial charge in [0.2, 0.25) is 5.95 Å². The number of carbonyl (C=O) groups is 1. The van der Waals surface area contributed by atoms with Gasteiger partial charge in [0.05, 0.1) is 6.20 Å². The highest BCUT2D eigenvalue weighted by Crippen LogP contribution is 2.22. The fourth-order valence-electron chi connectivity index (χ4n) is 3.09. The molecule has 1 aromatic carbocycles. The zero-order valence-corrected chi connectivity index (χ0v) is 15.6. The predicted molar refractivity (Wildman–Crippen MR) is 108 cm³/mol.